The highest BCUT2D eigenvalue weighted by Crippen LogP contribution is 2.32. The van der Waals surface area contributed by atoms with E-state index >= 15 is 0 Å². The van der Waals surface area contributed by atoms with E-state index in [1.54, 1.807) is 6.07 Å². The van der Waals surface area contributed by atoms with Crippen LogP contribution in [0.25, 0.3) is 11.3 Å². The third-order valence-corrected chi connectivity index (χ3v) is 2.77. The molecule has 1 aromatic carbocycles. The Balaban J connectivity index is 2.51. The smallest absolute Gasteiger partial charge is 0.384 e. The monoisotopic (exact) mass is 281 g/mol. The molecule has 2 aromatic rings. The number of nitrogens with zero attached hydrogens (tertiary/aromatic N) is 2. The van der Waals surface area contributed by atoms with Gasteiger partial charge in [0.05, 0.1) is 11.3 Å². The molecule has 0 spiro atoms. The van der Waals surface area contributed by atoms with Crippen LogP contribution in [-0.4, -0.2) is 9.97 Å². The summed E-state index contributed by atoms with van der Waals surface area (Å²) in [5, 5.41) is 0. The van der Waals surface area contributed by atoms with Crippen LogP contribution in [0.5, 0.6) is 0 Å². The molecule has 0 fully saturated rings. The Hall–Kier alpha value is -2.11. The minimum Gasteiger partial charge on any atom is -0.384 e. The summed E-state index contributed by atoms with van der Waals surface area (Å²) in [4.78, 5) is 8.34. The predicted octanol–water partition coefficient (Wildman–Crippen LogP) is 3.87. The van der Waals surface area contributed by atoms with E-state index < -0.39 is 11.7 Å². The maximum Gasteiger partial charge on any atom is 0.416 e. The zero-order valence-corrected chi connectivity index (χ0v) is 11.1. The first kappa shape index (κ1) is 14.3. The molecule has 0 aliphatic carbocycles. The van der Waals surface area contributed by atoms with Crippen molar-refractivity contribution in [1.82, 2.24) is 9.97 Å². The van der Waals surface area contributed by atoms with Crippen molar-refractivity contribution in [2.45, 2.75) is 25.9 Å². The Bertz CT molecular complexity index is 621. The first-order valence-electron chi connectivity index (χ1n) is 6.09. The summed E-state index contributed by atoms with van der Waals surface area (Å²) in [6, 6.07) is 6.48. The van der Waals surface area contributed by atoms with E-state index in [0.29, 0.717) is 17.1 Å². The predicted molar refractivity (Wildman–Crippen MR) is 71.0 cm³/mol. The number of nitrogens with two attached hydrogens (primary N) is 1. The van der Waals surface area contributed by atoms with Gasteiger partial charge in [0, 0.05) is 17.5 Å². The molecule has 106 valence electrons. The lowest BCUT2D eigenvalue weighted by Gasteiger charge is -2.10. The molecular weight excluding hydrogens is 267 g/mol. The van der Waals surface area contributed by atoms with Crippen LogP contribution in [0.1, 0.15) is 31.2 Å². The molecule has 0 radical (unpaired) electrons. The number of halogens is 3. The molecule has 0 amide bonds. The van der Waals surface area contributed by atoms with E-state index in [4.69, 9.17) is 5.73 Å². The summed E-state index contributed by atoms with van der Waals surface area (Å²) < 4.78 is 38.1. The number of benzene rings is 1. The van der Waals surface area contributed by atoms with Crippen LogP contribution in [0, 0.1) is 0 Å². The fraction of sp³-hybridized carbons (Fsp3) is 0.286. The molecule has 6 heteroatoms. The Morgan fingerprint density at radius 1 is 1.10 bits per heavy atom. The fourth-order valence-corrected chi connectivity index (χ4v) is 1.75. The van der Waals surface area contributed by atoms with Crippen molar-refractivity contribution in [1.29, 1.82) is 0 Å². The Labute approximate surface area is 114 Å². The molecule has 0 atom stereocenters. The lowest BCUT2D eigenvalue weighted by Crippen LogP contribution is -2.06. The zero-order valence-electron chi connectivity index (χ0n) is 11.1. The van der Waals surface area contributed by atoms with Crippen molar-refractivity contribution in [3.8, 4) is 11.3 Å². The molecule has 0 aliphatic heterocycles. The van der Waals surface area contributed by atoms with Gasteiger partial charge in [-0.3, -0.25) is 0 Å². The van der Waals surface area contributed by atoms with Crippen LogP contribution in [-0.2, 0) is 6.18 Å². The highest BCUT2D eigenvalue weighted by atomic mass is 19.4. The van der Waals surface area contributed by atoms with Gasteiger partial charge in [0.15, 0.2) is 0 Å². The highest BCUT2D eigenvalue weighted by molar-refractivity contribution is 5.63. The van der Waals surface area contributed by atoms with Crippen molar-refractivity contribution in [2.24, 2.45) is 0 Å². The van der Waals surface area contributed by atoms with Gasteiger partial charge in [0.2, 0.25) is 0 Å². The van der Waals surface area contributed by atoms with Crippen molar-refractivity contribution in [2.75, 3.05) is 5.73 Å². The summed E-state index contributed by atoms with van der Waals surface area (Å²) in [7, 11) is 0. The topological polar surface area (TPSA) is 51.8 Å². The van der Waals surface area contributed by atoms with Crippen LogP contribution >= 0.6 is 0 Å². The number of anilines is 1. The van der Waals surface area contributed by atoms with E-state index in [2.05, 4.69) is 9.97 Å². The van der Waals surface area contributed by atoms with Gasteiger partial charge in [0.1, 0.15) is 11.6 Å². The SMILES string of the molecule is CC(C)c1nc(N)cc(-c2cccc(C(F)(F)F)c2)n1. The van der Waals surface area contributed by atoms with Crippen LogP contribution < -0.4 is 5.73 Å². The molecule has 2 rings (SSSR count). The number of rotatable bonds is 2. The van der Waals surface area contributed by atoms with Gasteiger partial charge in [0.25, 0.3) is 0 Å². The molecule has 1 heterocycles. The molecule has 0 saturated carbocycles. The van der Waals surface area contributed by atoms with Crippen LogP contribution in [0.2, 0.25) is 0 Å². The fourth-order valence-electron chi connectivity index (χ4n) is 1.75. The Morgan fingerprint density at radius 2 is 1.80 bits per heavy atom. The maximum absolute atomic E-state index is 12.7. The molecule has 0 unspecified atom stereocenters. The normalized spacial score (nSPS) is 11.9. The number of hydrogen-bond acceptors (Lipinski definition) is 3. The van der Waals surface area contributed by atoms with Gasteiger partial charge in [-0.1, -0.05) is 26.0 Å². The average Bonchev–Trinajstić information content (AvgIpc) is 2.37. The molecular formula is C14H14F3N3. The first-order valence-corrected chi connectivity index (χ1v) is 6.09. The summed E-state index contributed by atoms with van der Waals surface area (Å²) >= 11 is 0. The van der Waals surface area contributed by atoms with Gasteiger partial charge in [-0.25, -0.2) is 9.97 Å². The molecule has 2 N–H and O–H groups in total. The Morgan fingerprint density at radius 3 is 2.40 bits per heavy atom. The van der Waals surface area contributed by atoms with Gasteiger partial charge in [-0.15, -0.1) is 0 Å². The number of alkyl halides is 3. The van der Waals surface area contributed by atoms with Crippen molar-refractivity contribution >= 4 is 5.82 Å². The lowest BCUT2D eigenvalue weighted by atomic mass is 10.1. The van der Waals surface area contributed by atoms with Crippen LogP contribution in [0.15, 0.2) is 30.3 Å². The van der Waals surface area contributed by atoms with E-state index in [1.165, 1.54) is 12.1 Å². The average molecular weight is 281 g/mol. The Kier molecular flexibility index (Phi) is 3.65. The number of nitrogen functional groups attached to an aromatic ring is 1. The minimum absolute atomic E-state index is 0.0445. The van der Waals surface area contributed by atoms with Crippen molar-refractivity contribution in [3.05, 3.63) is 41.7 Å². The van der Waals surface area contributed by atoms with Gasteiger partial charge in [-0.05, 0) is 12.1 Å². The largest absolute Gasteiger partial charge is 0.416 e. The van der Waals surface area contributed by atoms with E-state index in [0.717, 1.165) is 12.1 Å². The van der Waals surface area contributed by atoms with Crippen molar-refractivity contribution in [3.63, 3.8) is 0 Å². The quantitative estimate of drug-likeness (QED) is 0.909. The summed E-state index contributed by atoms with van der Waals surface area (Å²) in [5.41, 5.74) is 5.74. The molecule has 3 nitrogen and oxygen atoms in total. The first-order chi connectivity index (χ1) is 9.27. The summed E-state index contributed by atoms with van der Waals surface area (Å²) in [6.07, 6.45) is -4.38. The second-order valence-corrected chi connectivity index (χ2v) is 4.77. The van der Waals surface area contributed by atoms with E-state index in [9.17, 15) is 13.2 Å². The van der Waals surface area contributed by atoms with Crippen LogP contribution in [0.4, 0.5) is 19.0 Å². The summed E-state index contributed by atoms with van der Waals surface area (Å²) in [5.74, 6) is 0.802. The van der Waals surface area contributed by atoms with E-state index in [-0.39, 0.29) is 11.7 Å². The second kappa shape index (κ2) is 5.11. The number of hydrogen-bond donors (Lipinski definition) is 1. The van der Waals surface area contributed by atoms with E-state index in [1.807, 2.05) is 13.8 Å². The third-order valence-electron chi connectivity index (χ3n) is 2.77. The zero-order chi connectivity index (χ0) is 14.9. The second-order valence-electron chi connectivity index (χ2n) is 4.77. The van der Waals surface area contributed by atoms with Crippen molar-refractivity contribution < 1.29 is 13.2 Å². The highest BCUT2D eigenvalue weighted by Gasteiger charge is 2.30. The molecule has 20 heavy (non-hydrogen) atoms. The molecule has 0 saturated heterocycles. The minimum atomic E-state index is -4.38. The number of aromatic nitrogens is 2. The lowest BCUT2D eigenvalue weighted by molar-refractivity contribution is -0.137. The van der Waals surface area contributed by atoms with Gasteiger partial charge >= 0.3 is 6.18 Å². The molecule has 0 aliphatic rings. The third kappa shape index (κ3) is 3.07. The van der Waals surface area contributed by atoms with Gasteiger partial charge in [-0.2, -0.15) is 13.2 Å². The molecule has 1 aromatic heterocycles. The molecule has 0 bridgehead atoms. The standard InChI is InChI=1S/C14H14F3N3/c1-8(2)13-19-11(7-12(18)20-13)9-4-3-5-10(6-9)14(15,16)17/h3-8H,1-2H3,(H2,18,19,20). The maximum atomic E-state index is 12.7. The van der Waals surface area contributed by atoms with Gasteiger partial charge < -0.3 is 5.73 Å². The summed E-state index contributed by atoms with van der Waals surface area (Å²) in [6.45, 7) is 3.79. The van der Waals surface area contributed by atoms with Crippen LogP contribution in [0.3, 0.4) is 0 Å².